The second-order valence-electron chi connectivity index (χ2n) is 5.02. The second kappa shape index (κ2) is 8.08. The van der Waals surface area contributed by atoms with Gasteiger partial charge in [-0.25, -0.2) is 0 Å². The zero-order valence-electron chi connectivity index (χ0n) is 11.7. The first-order valence-electron chi connectivity index (χ1n) is 6.16. The number of ketones is 1. The maximum absolute atomic E-state index is 12.6. The molecule has 0 heterocycles. The average Bonchev–Trinajstić information content (AvgIpc) is 2.36. The molecule has 1 rings (SSSR count). The van der Waals surface area contributed by atoms with Crippen LogP contribution in [-0.2, 0) is 0 Å². The molecule has 0 aromatic heterocycles. The van der Waals surface area contributed by atoms with Gasteiger partial charge in [0.05, 0.1) is 20.6 Å². The number of benzene rings is 1. The fraction of sp³-hybridized carbons (Fsp3) is 0.312. The van der Waals surface area contributed by atoms with Crippen molar-refractivity contribution in [2.75, 3.05) is 20.6 Å². The van der Waals surface area contributed by atoms with Crippen molar-refractivity contribution in [3.8, 4) is 0 Å². The third-order valence-corrected chi connectivity index (χ3v) is 3.19. The van der Waals surface area contributed by atoms with Crippen LogP contribution in [0.25, 0.3) is 0 Å². The Balaban J connectivity index is 0.00000324. The predicted molar refractivity (Wildman–Crippen MR) is 76.5 cm³/mol. The zero-order valence-corrected chi connectivity index (χ0v) is 13.3. The van der Waals surface area contributed by atoms with Gasteiger partial charge < -0.3 is 21.5 Å². The highest BCUT2D eigenvalue weighted by Gasteiger charge is 2.33. The first-order chi connectivity index (χ1) is 8.53. The number of quaternary nitrogens is 1. The lowest BCUT2D eigenvalue weighted by Crippen LogP contribution is -3.00. The summed E-state index contributed by atoms with van der Waals surface area (Å²) in [5.74, 6) is 0.169. The molecule has 0 aliphatic carbocycles. The van der Waals surface area contributed by atoms with E-state index in [1.807, 2.05) is 42.5 Å². The minimum atomic E-state index is -0.108. The topological polar surface area (TPSA) is 17.1 Å². The van der Waals surface area contributed by atoms with Gasteiger partial charge in [-0.05, 0) is 6.08 Å². The van der Waals surface area contributed by atoms with Crippen molar-refractivity contribution in [3.63, 3.8) is 0 Å². The normalized spacial score (nSPS) is 12.1. The SMILES string of the molecule is C=CCC(C(=O)c1ccccc1)[N+](C)(C)CC=C.[Br-]. The van der Waals surface area contributed by atoms with Crippen molar-refractivity contribution < 1.29 is 26.3 Å². The summed E-state index contributed by atoms with van der Waals surface area (Å²) in [7, 11) is 4.10. The van der Waals surface area contributed by atoms with Crippen molar-refractivity contribution in [1.82, 2.24) is 0 Å². The quantitative estimate of drug-likeness (QED) is 0.394. The van der Waals surface area contributed by atoms with Crippen molar-refractivity contribution in [3.05, 3.63) is 61.2 Å². The highest BCUT2D eigenvalue weighted by Crippen LogP contribution is 2.17. The number of likely N-dealkylation sites (N-methyl/N-ethyl adjacent to an activating group) is 1. The maximum Gasteiger partial charge on any atom is 0.220 e. The summed E-state index contributed by atoms with van der Waals surface area (Å²) in [5, 5.41) is 0. The summed E-state index contributed by atoms with van der Waals surface area (Å²) < 4.78 is 0.600. The molecule has 2 nitrogen and oxygen atoms in total. The Morgan fingerprint density at radius 1 is 1.21 bits per heavy atom. The van der Waals surface area contributed by atoms with Gasteiger partial charge in [0.2, 0.25) is 5.78 Å². The van der Waals surface area contributed by atoms with Crippen LogP contribution in [0.2, 0.25) is 0 Å². The van der Waals surface area contributed by atoms with Gasteiger partial charge in [0.25, 0.3) is 0 Å². The standard InChI is InChI=1S/C16H22NO.BrH/c1-5-10-15(17(3,4)13-6-2)16(18)14-11-8-7-9-12-14;/h5-9,11-12,15H,1-2,10,13H2,3-4H3;1H/q+1;/p-1. The number of halogens is 1. The Hall–Kier alpha value is -1.19. The van der Waals surface area contributed by atoms with E-state index in [4.69, 9.17) is 0 Å². The lowest BCUT2D eigenvalue weighted by molar-refractivity contribution is -0.899. The van der Waals surface area contributed by atoms with Gasteiger partial charge >= 0.3 is 0 Å². The first-order valence-corrected chi connectivity index (χ1v) is 6.16. The summed E-state index contributed by atoms with van der Waals surface area (Å²) in [6, 6.07) is 9.34. The molecule has 0 bridgehead atoms. The number of hydrogen-bond acceptors (Lipinski definition) is 1. The number of rotatable bonds is 7. The molecule has 1 aromatic carbocycles. The zero-order chi connectivity index (χ0) is 13.6. The Labute approximate surface area is 126 Å². The smallest absolute Gasteiger partial charge is 0.220 e. The van der Waals surface area contributed by atoms with Gasteiger partial charge in [-0.2, -0.15) is 0 Å². The summed E-state index contributed by atoms with van der Waals surface area (Å²) in [5.41, 5.74) is 0.764. The van der Waals surface area contributed by atoms with Gasteiger partial charge in [0, 0.05) is 12.0 Å². The number of Topliss-reactive ketones (excluding diaryl/α,β-unsaturated/α-hetero) is 1. The molecular weight excluding hydrogens is 302 g/mol. The molecule has 1 unspecified atom stereocenters. The van der Waals surface area contributed by atoms with E-state index in [0.29, 0.717) is 10.9 Å². The van der Waals surface area contributed by atoms with Gasteiger partial charge in [-0.3, -0.25) is 4.79 Å². The molecule has 1 atom stereocenters. The van der Waals surface area contributed by atoms with Gasteiger partial charge in [0.1, 0.15) is 0 Å². The largest absolute Gasteiger partial charge is 1.00 e. The minimum Gasteiger partial charge on any atom is -1.00 e. The second-order valence-corrected chi connectivity index (χ2v) is 5.02. The molecule has 0 N–H and O–H groups in total. The van der Waals surface area contributed by atoms with Crippen LogP contribution >= 0.6 is 0 Å². The number of nitrogens with zero attached hydrogens (tertiary/aromatic N) is 1. The lowest BCUT2D eigenvalue weighted by atomic mass is 9.98. The van der Waals surface area contributed by atoms with Crippen LogP contribution in [0.4, 0.5) is 0 Å². The number of carbonyl (C=O) groups is 1. The van der Waals surface area contributed by atoms with E-state index in [1.165, 1.54) is 0 Å². The fourth-order valence-corrected chi connectivity index (χ4v) is 2.12. The van der Waals surface area contributed by atoms with E-state index in [-0.39, 0.29) is 28.8 Å². The maximum atomic E-state index is 12.6. The highest BCUT2D eigenvalue weighted by atomic mass is 79.9. The van der Waals surface area contributed by atoms with E-state index in [0.717, 1.165) is 12.1 Å². The third-order valence-electron chi connectivity index (χ3n) is 3.19. The number of hydrogen-bond donors (Lipinski definition) is 0. The van der Waals surface area contributed by atoms with Crippen molar-refractivity contribution in [1.29, 1.82) is 0 Å². The first kappa shape index (κ1) is 17.8. The van der Waals surface area contributed by atoms with Crippen molar-refractivity contribution in [2.45, 2.75) is 12.5 Å². The minimum absolute atomic E-state index is 0. The predicted octanol–water partition coefficient (Wildman–Crippen LogP) is 0.0804. The van der Waals surface area contributed by atoms with E-state index in [1.54, 1.807) is 0 Å². The summed E-state index contributed by atoms with van der Waals surface area (Å²) in [6.07, 6.45) is 4.34. The van der Waals surface area contributed by atoms with Crippen LogP contribution in [0.1, 0.15) is 16.8 Å². The average molecular weight is 324 g/mol. The Morgan fingerprint density at radius 3 is 2.26 bits per heavy atom. The third kappa shape index (κ3) is 4.77. The van der Waals surface area contributed by atoms with Crippen molar-refractivity contribution in [2.24, 2.45) is 0 Å². The molecule has 104 valence electrons. The molecule has 0 spiro atoms. The molecule has 0 radical (unpaired) electrons. The highest BCUT2D eigenvalue weighted by molar-refractivity contribution is 5.99. The monoisotopic (exact) mass is 323 g/mol. The van der Waals surface area contributed by atoms with E-state index in [2.05, 4.69) is 27.3 Å². The summed E-state index contributed by atoms with van der Waals surface area (Å²) in [4.78, 5) is 12.6. The molecular formula is C16H22BrNO. The van der Waals surface area contributed by atoms with Gasteiger partial charge in [0.15, 0.2) is 6.04 Å². The van der Waals surface area contributed by atoms with Crippen LogP contribution in [-0.4, -0.2) is 36.9 Å². The molecule has 0 aliphatic rings. The van der Waals surface area contributed by atoms with Crippen LogP contribution in [0.15, 0.2) is 55.6 Å². The van der Waals surface area contributed by atoms with Crippen LogP contribution in [0.3, 0.4) is 0 Å². The number of carbonyl (C=O) groups excluding carboxylic acids is 1. The summed E-state index contributed by atoms with van der Waals surface area (Å²) >= 11 is 0. The Morgan fingerprint density at radius 2 is 1.79 bits per heavy atom. The fourth-order valence-electron chi connectivity index (χ4n) is 2.12. The van der Waals surface area contributed by atoms with E-state index in [9.17, 15) is 4.79 Å². The van der Waals surface area contributed by atoms with Gasteiger partial charge in [-0.15, -0.1) is 6.58 Å². The van der Waals surface area contributed by atoms with E-state index < -0.39 is 0 Å². The van der Waals surface area contributed by atoms with E-state index >= 15 is 0 Å². The Bertz CT molecular complexity index is 426. The van der Waals surface area contributed by atoms with Gasteiger partial charge in [-0.1, -0.05) is 43.0 Å². The Kier molecular flexibility index (Phi) is 7.57. The van der Waals surface area contributed by atoms with Crippen LogP contribution < -0.4 is 17.0 Å². The molecule has 0 saturated heterocycles. The molecule has 19 heavy (non-hydrogen) atoms. The molecule has 0 saturated carbocycles. The molecule has 0 fully saturated rings. The molecule has 0 aliphatic heterocycles. The van der Waals surface area contributed by atoms with Crippen LogP contribution in [0, 0.1) is 0 Å². The van der Waals surface area contributed by atoms with Crippen molar-refractivity contribution >= 4 is 5.78 Å². The molecule has 1 aromatic rings. The summed E-state index contributed by atoms with van der Waals surface area (Å²) in [6.45, 7) is 8.29. The molecule has 3 heteroatoms. The van der Waals surface area contributed by atoms with Crippen LogP contribution in [0.5, 0.6) is 0 Å². The lowest BCUT2D eigenvalue weighted by Gasteiger charge is -2.35. The molecule has 0 amide bonds.